The van der Waals surface area contributed by atoms with Crippen molar-refractivity contribution in [2.75, 3.05) is 26.3 Å². The van der Waals surface area contributed by atoms with Gasteiger partial charge in [0.15, 0.2) is 0 Å². The normalized spacial score (nSPS) is 15.3. The number of rotatable bonds is 7. The fourth-order valence-corrected chi connectivity index (χ4v) is 2.79. The van der Waals surface area contributed by atoms with Gasteiger partial charge in [0.05, 0.1) is 13.2 Å². The molecule has 5 nitrogen and oxygen atoms in total. The smallest absolute Gasteiger partial charge is 0.319 e. The molecule has 1 aliphatic rings. The van der Waals surface area contributed by atoms with Crippen molar-refractivity contribution in [1.82, 2.24) is 0 Å². The molecule has 0 amide bonds. The second-order valence-corrected chi connectivity index (χ2v) is 7.08. The predicted octanol–water partition coefficient (Wildman–Crippen LogP) is 3.04. The molecule has 1 fully saturated rings. The Kier molecular flexibility index (Phi) is 27.0. The summed E-state index contributed by atoms with van der Waals surface area (Å²) in [6.07, 6.45) is 10.7. The van der Waals surface area contributed by atoms with Crippen molar-refractivity contribution in [1.29, 1.82) is 0 Å². The summed E-state index contributed by atoms with van der Waals surface area (Å²) in [4.78, 5) is 0. The van der Waals surface area contributed by atoms with Gasteiger partial charge in [-0.3, -0.25) is 4.57 Å². The van der Waals surface area contributed by atoms with E-state index in [1.165, 1.54) is 70.1 Å². The molecule has 1 heterocycles. The Labute approximate surface area is 149 Å². The van der Waals surface area contributed by atoms with E-state index in [2.05, 4.69) is 6.92 Å². The molecule has 4 N–H and O–H groups in total. The van der Waals surface area contributed by atoms with Crippen LogP contribution in [0.3, 0.4) is 0 Å². The predicted molar refractivity (Wildman–Crippen MR) is 92.2 cm³/mol. The van der Waals surface area contributed by atoms with Crippen molar-refractivity contribution in [2.24, 2.45) is 11.5 Å². The summed E-state index contributed by atoms with van der Waals surface area (Å²) >= 11 is 1.41. The minimum absolute atomic E-state index is 0.595. The van der Waals surface area contributed by atoms with Crippen LogP contribution in [0.5, 0.6) is 0 Å². The number of hydrogen-bond donors (Lipinski definition) is 2. The van der Waals surface area contributed by atoms with Gasteiger partial charge in [-0.1, -0.05) is 0 Å². The van der Waals surface area contributed by atoms with Crippen LogP contribution in [-0.2, 0) is 13.6 Å². The van der Waals surface area contributed by atoms with E-state index in [9.17, 15) is 4.57 Å². The molecule has 0 atom stereocenters. The fourth-order valence-electron chi connectivity index (χ4n) is 1.59. The third-order valence-corrected chi connectivity index (χ3v) is 4.44. The Hall–Kier alpha value is 1.07. The van der Waals surface area contributed by atoms with Crippen LogP contribution in [0.1, 0.15) is 58.3 Å². The van der Waals surface area contributed by atoms with Gasteiger partial charge in [-0.2, -0.15) is 0 Å². The third-order valence-electron chi connectivity index (χ3n) is 2.85. The van der Waals surface area contributed by atoms with Crippen molar-refractivity contribution < 1.29 is 13.6 Å². The molecule has 0 saturated carbocycles. The molecule has 1 rings (SSSR count). The summed E-state index contributed by atoms with van der Waals surface area (Å²) in [6, 6.07) is 0. The van der Waals surface area contributed by atoms with E-state index in [0.717, 1.165) is 12.8 Å². The van der Waals surface area contributed by atoms with Crippen molar-refractivity contribution in [2.45, 2.75) is 62.0 Å². The largest absolute Gasteiger partial charge is 0.329 e. The molecule has 1 aliphatic heterocycles. The first kappa shape index (κ1) is 24.3. The Bertz CT molecular complexity index is 195. The maximum atomic E-state index is 10.4. The SMILES string of the molecule is CCCCCCC[CH2][Na].NCCN.O=[PH]1OCCCCO1. The molecular weight excluding hydrogens is 298 g/mol. The van der Waals surface area contributed by atoms with Crippen LogP contribution >= 0.6 is 8.25 Å². The molecule has 0 aliphatic carbocycles. The van der Waals surface area contributed by atoms with Gasteiger partial charge in [-0.25, -0.2) is 0 Å². The zero-order valence-corrected chi connectivity index (χ0v) is 17.1. The minimum Gasteiger partial charge on any atom is -0.329 e. The van der Waals surface area contributed by atoms with Crippen molar-refractivity contribution in [3.63, 3.8) is 0 Å². The average Bonchev–Trinajstić information content (AvgIpc) is 2.76. The molecule has 0 aromatic carbocycles. The zero-order chi connectivity index (χ0) is 16.2. The van der Waals surface area contributed by atoms with Crippen LogP contribution in [0, 0.1) is 0 Å². The second-order valence-electron chi connectivity index (χ2n) is 5.00. The molecule has 0 spiro atoms. The van der Waals surface area contributed by atoms with Gasteiger partial charge in [-0.15, -0.1) is 0 Å². The molecule has 1 saturated heterocycles. The summed E-state index contributed by atoms with van der Waals surface area (Å²) in [5, 5.41) is 0. The van der Waals surface area contributed by atoms with E-state index >= 15 is 0 Å². The maximum Gasteiger partial charge on any atom is 0.319 e. The Morgan fingerprint density at radius 2 is 1.43 bits per heavy atom. The van der Waals surface area contributed by atoms with Gasteiger partial charge in [0.2, 0.25) is 0 Å². The Morgan fingerprint density at radius 3 is 1.86 bits per heavy atom. The quantitative estimate of drug-likeness (QED) is 0.425. The van der Waals surface area contributed by atoms with Gasteiger partial charge in [-0.05, 0) is 12.8 Å². The summed E-state index contributed by atoms with van der Waals surface area (Å²) < 4.78 is 21.4. The van der Waals surface area contributed by atoms with Crippen LogP contribution in [0.4, 0.5) is 0 Å². The molecular formula is C14H34N2NaO3P. The molecule has 0 bridgehead atoms. The zero-order valence-electron chi connectivity index (χ0n) is 14.1. The van der Waals surface area contributed by atoms with E-state index in [0.29, 0.717) is 26.3 Å². The first-order valence-corrected chi connectivity index (χ1v) is 11.1. The monoisotopic (exact) mass is 332 g/mol. The van der Waals surface area contributed by atoms with Crippen LogP contribution in [0.2, 0.25) is 3.67 Å². The van der Waals surface area contributed by atoms with Gasteiger partial charge < -0.3 is 20.5 Å². The van der Waals surface area contributed by atoms with Crippen LogP contribution < -0.4 is 11.5 Å². The van der Waals surface area contributed by atoms with E-state index < -0.39 is 8.25 Å². The second kappa shape index (κ2) is 23.3. The van der Waals surface area contributed by atoms with Gasteiger partial charge in [0.1, 0.15) is 0 Å². The molecule has 21 heavy (non-hydrogen) atoms. The van der Waals surface area contributed by atoms with E-state index in [-0.39, 0.29) is 0 Å². The molecule has 0 unspecified atom stereocenters. The first-order valence-electron chi connectivity index (χ1n) is 8.42. The minimum atomic E-state index is -2.08. The summed E-state index contributed by atoms with van der Waals surface area (Å²) in [6.45, 7) is 4.66. The van der Waals surface area contributed by atoms with E-state index in [4.69, 9.17) is 20.5 Å². The Balaban J connectivity index is 0. The van der Waals surface area contributed by atoms with E-state index in [1.54, 1.807) is 0 Å². The van der Waals surface area contributed by atoms with Crippen molar-refractivity contribution in [3.8, 4) is 0 Å². The molecule has 0 aromatic rings. The van der Waals surface area contributed by atoms with Crippen molar-refractivity contribution in [3.05, 3.63) is 0 Å². The van der Waals surface area contributed by atoms with Crippen LogP contribution in [-0.4, -0.2) is 54.2 Å². The Morgan fingerprint density at radius 1 is 0.952 bits per heavy atom. The molecule has 0 radical (unpaired) electrons. The van der Waals surface area contributed by atoms with Crippen LogP contribution in [0.15, 0.2) is 0 Å². The topological polar surface area (TPSA) is 87.6 Å². The van der Waals surface area contributed by atoms with E-state index in [1.807, 2.05) is 0 Å². The van der Waals surface area contributed by atoms with Crippen LogP contribution in [0.25, 0.3) is 0 Å². The maximum absolute atomic E-state index is 10.4. The van der Waals surface area contributed by atoms with Crippen molar-refractivity contribution >= 4 is 36.2 Å². The number of unbranched alkanes of at least 4 members (excludes halogenated alkanes) is 5. The molecule has 0 aromatic heterocycles. The van der Waals surface area contributed by atoms with Gasteiger partial charge in [0, 0.05) is 13.1 Å². The standard InChI is InChI=1S/C8H17.C4H9O3P.C2H8N2.Na/c1-3-5-7-8-6-4-2;5-8-6-3-1-2-4-7-8;3-1-2-4;/h1,3-8H2,2H3;8H,1-4H2;1-4H2;. The van der Waals surface area contributed by atoms with Gasteiger partial charge in [0.25, 0.3) is 0 Å². The molecule has 124 valence electrons. The van der Waals surface area contributed by atoms with Gasteiger partial charge >= 0.3 is 85.3 Å². The number of nitrogens with two attached hydrogens (primary N) is 2. The summed E-state index contributed by atoms with van der Waals surface area (Å²) in [5.74, 6) is 0. The third kappa shape index (κ3) is 26.3. The fraction of sp³-hybridized carbons (Fsp3) is 1.00. The average molecular weight is 332 g/mol. The first-order chi connectivity index (χ1) is 10.2. The summed E-state index contributed by atoms with van der Waals surface area (Å²) in [7, 11) is -2.08. The summed E-state index contributed by atoms with van der Waals surface area (Å²) in [5.41, 5.74) is 9.81. The molecule has 7 heteroatoms. The number of hydrogen-bond acceptors (Lipinski definition) is 5.